The molecule has 1 heterocycles. The molecule has 118 valence electrons. The average molecular weight is 282 g/mol. The summed E-state index contributed by atoms with van der Waals surface area (Å²) in [4.78, 5) is 11.8. The van der Waals surface area contributed by atoms with Crippen LogP contribution >= 0.6 is 0 Å². The van der Waals surface area contributed by atoms with E-state index in [1.54, 1.807) is 0 Å². The molecule has 0 bridgehead atoms. The Morgan fingerprint density at radius 2 is 1.80 bits per heavy atom. The number of piperidine rings is 1. The molecular weight excluding hydrogens is 248 g/mol. The number of rotatable bonds is 10. The van der Waals surface area contributed by atoms with Gasteiger partial charge in [0, 0.05) is 19.0 Å². The summed E-state index contributed by atoms with van der Waals surface area (Å²) in [7, 11) is 0. The zero-order chi connectivity index (χ0) is 14.6. The number of carbonyl (C=O) groups excluding carboxylic acids is 1. The van der Waals surface area contributed by atoms with Gasteiger partial charge in [0.25, 0.3) is 0 Å². The molecule has 1 aliphatic rings. The quantitative estimate of drug-likeness (QED) is 0.601. The van der Waals surface area contributed by atoms with Crippen LogP contribution in [0, 0.1) is 5.92 Å². The predicted octanol–water partition coefficient (Wildman–Crippen LogP) is 3.63. The molecule has 0 aromatic carbocycles. The molecule has 1 fully saturated rings. The van der Waals surface area contributed by atoms with Gasteiger partial charge in [-0.15, -0.1) is 0 Å². The molecule has 2 atom stereocenters. The first-order valence-corrected chi connectivity index (χ1v) is 8.72. The second kappa shape index (κ2) is 11.1. The van der Waals surface area contributed by atoms with Crippen molar-refractivity contribution in [3.8, 4) is 0 Å². The summed E-state index contributed by atoms with van der Waals surface area (Å²) in [5.41, 5.74) is 0. The van der Waals surface area contributed by atoms with Gasteiger partial charge in [0.05, 0.1) is 0 Å². The Hall–Kier alpha value is -0.570. The fraction of sp³-hybridized carbons (Fsp3) is 0.941. The smallest absolute Gasteiger partial charge is 0.220 e. The van der Waals surface area contributed by atoms with E-state index < -0.39 is 0 Å². The maximum atomic E-state index is 11.8. The minimum absolute atomic E-state index is 0.247. The first kappa shape index (κ1) is 17.5. The summed E-state index contributed by atoms with van der Waals surface area (Å²) in [5, 5.41) is 6.58. The Kier molecular flexibility index (Phi) is 9.73. The standard InChI is InChI=1S/C17H34N2O/c1-3-4-5-6-7-8-9-10-17(20)19-14-16-12-11-15(2)18-13-16/h15-16,18H,3-14H2,1-2H3,(H,19,20). The van der Waals surface area contributed by atoms with Crippen molar-refractivity contribution in [2.24, 2.45) is 5.92 Å². The maximum Gasteiger partial charge on any atom is 0.220 e. The number of hydrogen-bond donors (Lipinski definition) is 2. The van der Waals surface area contributed by atoms with Gasteiger partial charge in [-0.2, -0.15) is 0 Å². The van der Waals surface area contributed by atoms with E-state index in [2.05, 4.69) is 24.5 Å². The Balaban J connectivity index is 1.90. The highest BCUT2D eigenvalue weighted by Gasteiger charge is 2.17. The first-order valence-electron chi connectivity index (χ1n) is 8.72. The SMILES string of the molecule is CCCCCCCCCC(=O)NCC1CCC(C)NC1. The highest BCUT2D eigenvalue weighted by atomic mass is 16.1. The van der Waals surface area contributed by atoms with Crippen LogP contribution < -0.4 is 10.6 Å². The molecule has 1 rings (SSSR count). The molecule has 2 unspecified atom stereocenters. The van der Waals surface area contributed by atoms with Crippen LogP contribution in [-0.4, -0.2) is 25.0 Å². The van der Waals surface area contributed by atoms with Crippen LogP contribution in [0.1, 0.15) is 78.1 Å². The van der Waals surface area contributed by atoms with Crippen LogP contribution in [0.25, 0.3) is 0 Å². The highest BCUT2D eigenvalue weighted by Crippen LogP contribution is 2.13. The van der Waals surface area contributed by atoms with Crippen molar-refractivity contribution in [2.75, 3.05) is 13.1 Å². The van der Waals surface area contributed by atoms with E-state index in [4.69, 9.17) is 0 Å². The third-order valence-corrected chi connectivity index (χ3v) is 4.36. The first-order chi connectivity index (χ1) is 9.72. The molecule has 0 radical (unpaired) electrons. The van der Waals surface area contributed by atoms with Gasteiger partial charge in [0.15, 0.2) is 0 Å². The van der Waals surface area contributed by atoms with Crippen molar-refractivity contribution < 1.29 is 4.79 Å². The van der Waals surface area contributed by atoms with Gasteiger partial charge in [0.2, 0.25) is 5.91 Å². The molecule has 1 saturated heterocycles. The van der Waals surface area contributed by atoms with Gasteiger partial charge in [-0.05, 0) is 38.6 Å². The summed E-state index contributed by atoms with van der Waals surface area (Å²) in [5.74, 6) is 0.876. The van der Waals surface area contributed by atoms with Crippen LogP contribution in [-0.2, 0) is 4.79 Å². The lowest BCUT2D eigenvalue weighted by Gasteiger charge is -2.27. The molecule has 0 spiro atoms. The molecule has 0 saturated carbocycles. The van der Waals surface area contributed by atoms with Gasteiger partial charge in [0.1, 0.15) is 0 Å². The summed E-state index contributed by atoms with van der Waals surface area (Å²) in [6.45, 7) is 6.38. The number of unbranched alkanes of at least 4 members (excludes halogenated alkanes) is 6. The van der Waals surface area contributed by atoms with Crippen molar-refractivity contribution >= 4 is 5.91 Å². The summed E-state index contributed by atoms with van der Waals surface area (Å²) in [6.07, 6.45) is 12.1. The molecule has 1 amide bonds. The molecule has 3 nitrogen and oxygen atoms in total. The van der Waals surface area contributed by atoms with Crippen LogP contribution in [0.15, 0.2) is 0 Å². The largest absolute Gasteiger partial charge is 0.356 e. The zero-order valence-corrected chi connectivity index (χ0v) is 13.5. The average Bonchev–Trinajstić information content (AvgIpc) is 2.46. The van der Waals surface area contributed by atoms with E-state index in [1.807, 2.05) is 0 Å². The lowest BCUT2D eigenvalue weighted by molar-refractivity contribution is -0.121. The molecular formula is C17H34N2O. The normalized spacial score (nSPS) is 22.7. The second-order valence-corrected chi connectivity index (χ2v) is 6.43. The van der Waals surface area contributed by atoms with E-state index >= 15 is 0 Å². The number of nitrogens with one attached hydrogen (secondary N) is 2. The van der Waals surface area contributed by atoms with Crippen LogP contribution in [0.3, 0.4) is 0 Å². The summed E-state index contributed by atoms with van der Waals surface area (Å²) >= 11 is 0. The van der Waals surface area contributed by atoms with Gasteiger partial charge < -0.3 is 10.6 Å². The van der Waals surface area contributed by atoms with Crippen LogP contribution in [0.5, 0.6) is 0 Å². The van der Waals surface area contributed by atoms with Gasteiger partial charge in [-0.3, -0.25) is 4.79 Å². The fourth-order valence-electron chi connectivity index (χ4n) is 2.82. The summed E-state index contributed by atoms with van der Waals surface area (Å²) < 4.78 is 0. The predicted molar refractivity (Wildman–Crippen MR) is 85.8 cm³/mol. The molecule has 0 aromatic heterocycles. The molecule has 1 aliphatic heterocycles. The topological polar surface area (TPSA) is 41.1 Å². The zero-order valence-electron chi connectivity index (χ0n) is 13.5. The Bertz CT molecular complexity index is 247. The third-order valence-electron chi connectivity index (χ3n) is 4.36. The van der Waals surface area contributed by atoms with Crippen molar-refractivity contribution in [1.82, 2.24) is 10.6 Å². The molecule has 2 N–H and O–H groups in total. The van der Waals surface area contributed by atoms with E-state index in [0.717, 1.165) is 19.5 Å². The van der Waals surface area contributed by atoms with Gasteiger partial charge in [-0.1, -0.05) is 45.4 Å². The lowest BCUT2D eigenvalue weighted by atomic mass is 9.95. The monoisotopic (exact) mass is 282 g/mol. The molecule has 0 aromatic rings. The van der Waals surface area contributed by atoms with E-state index in [1.165, 1.54) is 51.4 Å². The third kappa shape index (κ3) is 8.57. The maximum absolute atomic E-state index is 11.8. The van der Waals surface area contributed by atoms with Crippen molar-refractivity contribution in [1.29, 1.82) is 0 Å². The molecule has 20 heavy (non-hydrogen) atoms. The molecule has 0 aliphatic carbocycles. The second-order valence-electron chi connectivity index (χ2n) is 6.43. The number of carbonyl (C=O) groups is 1. The number of hydrogen-bond acceptors (Lipinski definition) is 2. The fourth-order valence-corrected chi connectivity index (χ4v) is 2.82. The van der Waals surface area contributed by atoms with Crippen molar-refractivity contribution in [3.63, 3.8) is 0 Å². The lowest BCUT2D eigenvalue weighted by Crippen LogP contribution is -2.41. The Morgan fingerprint density at radius 3 is 2.45 bits per heavy atom. The Morgan fingerprint density at radius 1 is 1.10 bits per heavy atom. The van der Waals surface area contributed by atoms with Crippen LogP contribution in [0.4, 0.5) is 0 Å². The van der Waals surface area contributed by atoms with Gasteiger partial charge in [-0.25, -0.2) is 0 Å². The van der Waals surface area contributed by atoms with Gasteiger partial charge >= 0.3 is 0 Å². The molecule has 3 heteroatoms. The number of amides is 1. The van der Waals surface area contributed by atoms with Crippen molar-refractivity contribution in [2.45, 2.75) is 84.1 Å². The van der Waals surface area contributed by atoms with Crippen LogP contribution in [0.2, 0.25) is 0 Å². The van der Waals surface area contributed by atoms with E-state index in [9.17, 15) is 4.79 Å². The van der Waals surface area contributed by atoms with Crippen molar-refractivity contribution in [3.05, 3.63) is 0 Å². The minimum Gasteiger partial charge on any atom is -0.356 e. The van der Waals surface area contributed by atoms with E-state index in [-0.39, 0.29) is 5.91 Å². The Labute approximate surface area is 125 Å². The highest BCUT2D eigenvalue weighted by molar-refractivity contribution is 5.75. The summed E-state index contributed by atoms with van der Waals surface area (Å²) in [6, 6.07) is 0.648. The minimum atomic E-state index is 0.247. The van der Waals surface area contributed by atoms with E-state index in [0.29, 0.717) is 18.4 Å².